The molecule has 0 radical (unpaired) electrons. The molecule has 0 aromatic carbocycles. The van der Waals surface area contributed by atoms with Gasteiger partial charge in [-0.3, -0.25) is 14.5 Å². The predicted octanol–water partition coefficient (Wildman–Crippen LogP) is 0.295. The van der Waals surface area contributed by atoms with Gasteiger partial charge in [-0.05, 0) is 13.0 Å². The molecule has 1 amide bonds. The van der Waals surface area contributed by atoms with Crippen LogP contribution in [-0.4, -0.2) is 41.5 Å². The minimum absolute atomic E-state index is 0.137. The molecule has 0 bridgehead atoms. The lowest BCUT2D eigenvalue weighted by Gasteiger charge is -2.22. The molecule has 3 N–H and O–H groups in total. The van der Waals surface area contributed by atoms with E-state index < -0.39 is 17.8 Å². The summed E-state index contributed by atoms with van der Waals surface area (Å²) in [6.45, 7) is 4.90. The molecule has 0 aromatic heterocycles. The lowest BCUT2D eigenvalue weighted by Crippen LogP contribution is -2.38. The normalized spacial score (nSPS) is 12.7. The lowest BCUT2D eigenvalue weighted by molar-refractivity contribution is -0.142. The van der Waals surface area contributed by atoms with Crippen molar-refractivity contribution in [1.82, 2.24) is 4.90 Å². The predicted molar refractivity (Wildman–Crippen MR) is 57.3 cm³/mol. The Morgan fingerprint density at radius 1 is 1.47 bits per heavy atom. The van der Waals surface area contributed by atoms with Crippen molar-refractivity contribution in [3.05, 3.63) is 0 Å². The van der Waals surface area contributed by atoms with Gasteiger partial charge in [0.15, 0.2) is 0 Å². The van der Waals surface area contributed by atoms with Gasteiger partial charge in [-0.15, -0.1) is 0 Å². The second kappa shape index (κ2) is 7.23. The molecule has 88 valence electrons. The Kier molecular flexibility index (Phi) is 6.70. The first-order chi connectivity index (χ1) is 6.97. The number of primary amides is 1. The van der Waals surface area contributed by atoms with Crippen molar-refractivity contribution in [3.8, 4) is 0 Å². The van der Waals surface area contributed by atoms with Gasteiger partial charge in [0.05, 0.1) is 12.5 Å². The van der Waals surface area contributed by atoms with Crippen LogP contribution >= 0.6 is 0 Å². The number of amides is 1. The number of hydrogen-bond acceptors (Lipinski definition) is 3. The number of hydrogen-bond donors (Lipinski definition) is 2. The van der Waals surface area contributed by atoms with Crippen molar-refractivity contribution in [2.75, 3.05) is 19.6 Å². The van der Waals surface area contributed by atoms with Crippen LogP contribution in [0.5, 0.6) is 0 Å². The summed E-state index contributed by atoms with van der Waals surface area (Å²) in [5.74, 6) is -1.73. The maximum absolute atomic E-state index is 10.8. The molecule has 0 rings (SSSR count). The number of carboxylic acid groups (broad SMARTS) is 1. The van der Waals surface area contributed by atoms with Crippen LogP contribution in [0.2, 0.25) is 0 Å². The van der Waals surface area contributed by atoms with Gasteiger partial charge < -0.3 is 10.8 Å². The van der Waals surface area contributed by atoms with E-state index in [9.17, 15) is 9.59 Å². The molecule has 0 saturated carbocycles. The topological polar surface area (TPSA) is 83.6 Å². The number of rotatable bonds is 8. The Morgan fingerprint density at radius 2 is 2.07 bits per heavy atom. The molecule has 0 spiro atoms. The van der Waals surface area contributed by atoms with Crippen LogP contribution in [-0.2, 0) is 9.59 Å². The molecule has 0 aromatic rings. The molecular weight excluding hydrogens is 196 g/mol. The summed E-state index contributed by atoms with van der Waals surface area (Å²) in [7, 11) is 0. The molecule has 0 saturated heterocycles. The number of aliphatic carboxylic acids is 1. The highest BCUT2D eigenvalue weighted by molar-refractivity contribution is 5.76. The monoisotopic (exact) mass is 216 g/mol. The Hall–Kier alpha value is -1.10. The number of nitrogens with two attached hydrogens (primary N) is 1. The first-order valence-corrected chi connectivity index (χ1v) is 5.20. The van der Waals surface area contributed by atoms with Crippen LogP contribution < -0.4 is 5.73 Å². The van der Waals surface area contributed by atoms with Gasteiger partial charge in [-0.2, -0.15) is 0 Å². The molecule has 0 aliphatic heterocycles. The first-order valence-electron chi connectivity index (χ1n) is 5.20. The van der Waals surface area contributed by atoms with E-state index in [1.807, 2.05) is 6.92 Å². The zero-order valence-corrected chi connectivity index (χ0v) is 9.40. The van der Waals surface area contributed by atoms with Crippen molar-refractivity contribution in [2.45, 2.75) is 26.7 Å². The largest absolute Gasteiger partial charge is 0.481 e. The van der Waals surface area contributed by atoms with Crippen molar-refractivity contribution in [2.24, 2.45) is 11.7 Å². The van der Waals surface area contributed by atoms with E-state index in [1.165, 1.54) is 0 Å². The van der Waals surface area contributed by atoms with E-state index in [2.05, 4.69) is 0 Å². The van der Waals surface area contributed by atoms with Gasteiger partial charge in [0.1, 0.15) is 0 Å². The maximum atomic E-state index is 10.8. The van der Waals surface area contributed by atoms with Crippen LogP contribution in [0.3, 0.4) is 0 Å². The molecule has 1 unspecified atom stereocenters. The Bertz CT molecular complexity index is 219. The Balaban J connectivity index is 4.10. The van der Waals surface area contributed by atoms with Crippen LogP contribution in [0.4, 0.5) is 0 Å². The highest BCUT2D eigenvalue weighted by Crippen LogP contribution is 2.02. The third kappa shape index (κ3) is 6.90. The highest BCUT2D eigenvalue weighted by atomic mass is 16.4. The summed E-state index contributed by atoms with van der Waals surface area (Å²) < 4.78 is 0. The third-order valence-electron chi connectivity index (χ3n) is 2.16. The zero-order chi connectivity index (χ0) is 11.8. The SMILES string of the molecule is CCCCN(CC(N)=O)CC(C)C(=O)O. The van der Waals surface area contributed by atoms with E-state index in [0.29, 0.717) is 6.54 Å². The van der Waals surface area contributed by atoms with E-state index in [4.69, 9.17) is 10.8 Å². The summed E-state index contributed by atoms with van der Waals surface area (Å²) in [6, 6.07) is 0. The number of nitrogens with zero attached hydrogens (tertiary/aromatic N) is 1. The zero-order valence-electron chi connectivity index (χ0n) is 9.40. The summed E-state index contributed by atoms with van der Waals surface area (Å²) in [4.78, 5) is 23.2. The molecule has 15 heavy (non-hydrogen) atoms. The van der Waals surface area contributed by atoms with Gasteiger partial charge in [0.25, 0.3) is 0 Å². The molecule has 5 nitrogen and oxygen atoms in total. The van der Waals surface area contributed by atoms with Crippen molar-refractivity contribution < 1.29 is 14.7 Å². The van der Waals surface area contributed by atoms with Gasteiger partial charge in [0, 0.05) is 6.54 Å². The fourth-order valence-corrected chi connectivity index (χ4v) is 1.30. The smallest absolute Gasteiger partial charge is 0.307 e. The highest BCUT2D eigenvalue weighted by Gasteiger charge is 2.16. The molecule has 0 aliphatic carbocycles. The van der Waals surface area contributed by atoms with Crippen LogP contribution in [0, 0.1) is 5.92 Å². The third-order valence-corrected chi connectivity index (χ3v) is 2.16. The number of carbonyl (C=O) groups is 2. The van der Waals surface area contributed by atoms with Gasteiger partial charge >= 0.3 is 5.97 Å². The number of unbranched alkanes of at least 4 members (excludes halogenated alkanes) is 1. The minimum Gasteiger partial charge on any atom is -0.481 e. The van der Waals surface area contributed by atoms with Crippen molar-refractivity contribution >= 4 is 11.9 Å². The minimum atomic E-state index is -0.846. The van der Waals surface area contributed by atoms with Gasteiger partial charge in [0.2, 0.25) is 5.91 Å². The first kappa shape index (κ1) is 13.9. The van der Waals surface area contributed by atoms with Crippen LogP contribution in [0.15, 0.2) is 0 Å². The fraction of sp³-hybridized carbons (Fsp3) is 0.800. The van der Waals surface area contributed by atoms with Gasteiger partial charge in [-0.25, -0.2) is 0 Å². The Morgan fingerprint density at radius 3 is 2.47 bits per heavy atom. The van der Waals surface area contributed by atoms with Crippen molar-refractivity contribution in [3.63, 3.8) is 0 Å². The van der Waals surface area contributed by atoms with E-state index in [-0.39, 0.29) is 6.54 Å². The van der Waals surface area contributed by atoms with Crippen molar-refractivity contribution in [1.29, 1.82) is 0 Å². The maximum Gasteiger partial charge on any atom is 0.307 e. The molecule has 1 atom stereocenters. The molecule has 5 heteroatoms. The van der Waals surface area contributed by atoms with E-state index in [1.54, 1.807) is 11.8 Å². The summed E-state index contributed by atoms with van der Waals surface area (Å²) >= 11 is 0. The second-order valence-corrected chi connectivity index (χ2v) is 3.79. The summed E-state index contributed by atoms with van der Waals surface area (Å²) in [6.07, 6.45) is 1.95. The average Bonchev–Trinajstić information content (AvgIpc) is 2.13. The molecular formula is C10H20N2O3. The second-order valence-electron chi connectivity index (χ2n) is 3.79. The number of carbonyl (C=O) groups excluding carboxylic acids is 1. The van der Waals surface area contributed by atoms with E-state index >= 15 is 0 Å². The van der Waals surface area contributed by atoms with Crippen LogP contribution in [0.25, 0.3) is 0 Å². The average molecular weight is 216 g/mol. The number of carboxylic acids is 1. The molecule has 0 aliphatic rings. The molecule has 0 fully saturated rings. The summed E-state index contributed by atoms with van der Waals surface area (Å²) in [5, 5.41) is 8.75. The summed E-state index contributed by atoms with van der Waals surface area (Å²) in [5.41, 5.74) is 5.09. The van der Waals surface area contributed by atoms with Gasteiger partial charge in [-0.1, -0.05) is 20.3 Å². The lowest BCUT2D eigenvalue weighted by atomic mass is 10.1. The quantitative estimate of drug-likeness (QED) is 0.611. The Labute approximate surface area is 90.2 Å². The van der Waals surface area contributed by atoms with E-state index in [0.717, 1.165) is 19.4 Å². The molecule has 0 heterocycles. The fourth-order valence-electron chi connectivity index (χ4n) is 1.30. The van der Waals surface area contributed by atoms with Crippen LogP contribution in [0.1, 0.15) is 26.7 Å². The standard InChI is InChI=1S/C10H20N2O3/c1-3-4-5-12(7-9(11)13)6-8(2)10(14)15/h8H,3-7H2,1-2H3,(H2,11,13)(H,14,15).